The Balaban J connectivity index is 1.47. The van der Waals surface area contributed by atoms with Crippen molar-refractivity contribution >= 4 is 40.3 Å². The van der Waals surface area contributed by atoms with Gasteiger partial charge in [0.2, 0.25) is 5.91 Å². The van der Waals surface area contributed by atoms with Gasteiger partial charge in [0.1, 0.15) is 18.4 Å². The first-order valence-corrected chi connectivity index (χ1v) is 14.9. The number of amides is 2. The molecule has 41 heavy (non-hydrogen) atoms. The Hall–Kier alpha value is -4.04. The van der Waals surface area contributed by atoms with Crippen LogP contribution in [0.2, 0.25) is 0 Å². The maximum atomic E-state index is 13.6. The van der Waals surface area contributed by atoms with Crippen LogP contribution in [0.3, 0.4) is 0 Å². The van der Waals surface area contributed by atoms with Crippen LogP contribution in [-0.2, 0) is 33.1 Å². The molecular formula is C33H36N2O5S. The molecule has 0 bridgehead atoms. The molecule has 2 atom stereocenters. The summed E-state index contributed by atoms with van der Waals surface area (Å²) in [7, 11) is 0. The van der Waals surface area contributed by atoms with Crippen LogP contribution in [0, 0.1) is 5.92 Å². The third-order valence-corrected chi connectivity index (χ3v) is 7.58. The summed E-state index contributed by atoms with van der Waals surface area (Å²) in [6.07, 6.45) is 1.66. The van der Waals surface area contributed by atoms with E-state index in [0.717, 1.165) is 27.7 Å². The van der Waals surface area contributed by atoms with Crippen LogP contribution in [0.25, 0.3) is 10.8 Å². The monoisotopic (exact) mass is 572 g/mol. The zero-order valence-electron chi connectivity index (χ0n) is 23.4. The fourth-order valence-electron chi connectivity index (χ4n) is 4.57. The number of Topliss-reactive ketones (excluding diaryl/α,β-unsaturated/α-hetero) is 1. The number of fused-ring (bicyclic) bond motifs is 1. The molecule has 7 nitrogen and oxygen atoms in total. The highest BCUT2D eigenvalue weighted by molar-refractivity contribution is 7.99. The minimum atomic E-state index is -0.850. The molecule has 1 heterocycles. The highest BCUT2D eigenvalue weighted by Crippen LogP contribution is 2.21. The first kappa shape index (κ1) is 29.9. The molecule has 2 N–H and O–H groups in total. The van der Waals surface area contributed by atoms with E-state index in [2.05, 4.69) is 10.6 Å². The van der Waals surface area contributed by atoms with Gasteiger partial charge in [0, 0.05) is 6.42 Å². The van der Waals surface area contributed by atoms with Crippen molar-refractivity contribution in [2.75, 3.05) is 5.75 Å². The van der Waals surface area contributed by atoms with E-state index in [1.807, 2.05) is 98.8 Å². The van der Waals surface area contributed by atoms with Gasteiger partial charge >= 0.3 is 6.09 Å². The van der Waals surface area contributed by atoms with Crippen molar-refractivity contribution in [1.29, 1.82) is 0 Å². The highest BCUT2D eigenvalue weighted by Gasteiger charge is 2.28. The summed E-state index contributed by atoms with van der Waals surface area (Å²) in [5.74, 6) is 1.16. The molecular weight excluding hydrogens is 536 g/mol. The first-order chi connectivity index (χ1) is 19.9. The topological polar surface area (TPSA) is 97.6 Å². The maximum absolute atomic E-state index is 13.6. The number of ether oxygens (including phenoxy) is 1. The Morgan fingerprint density at radius 3 is 2.37 bits per heavy atom. The number of rotatable bonds is 14. The van der Waals surface area contributed by atoms with Gasteiger partial charge in [-0.3, -0.25) is 9.59 Å². The van der Waals surface area contributed by atoms with Crippen LogP contribution in [0.15, 0.2) is 95.6 Å². The molecule has 0 radical (unpaired) electrons. The van der Waals surface area contributed by atoms with Crippen LogP contribution in [0.1, 0.15) is 37.2 Å². The molecule has 4 rings (SSSR count). The summed E-state index contributed by atoms with van der Waals surface area (Å²) in [6.45, 7) is 4.04. The van der Waals surface area contributed by atoms with Gasteiger partial charge in [-0.05, 0) is 46.4 Å². The minimum absolute atomic E-state index is 0.0950. The molecule has 3 aromatic carbocycles. The molecule has 0 aliphatic carbocycles. The quantitative estimate of drug-likeness (QED) is 0.184. The second-order valence-corrected chi connectivity index (χ2v) is 11.3. The number of benzene rings is 3. The summed E-state index contributed by atoms with van der Waals surface area (Å²) in [6, 6.07) is 25.3. The van der Waals surface area contributed by atoms with Crippen LogP contribution in [-0.4, -0.2) is 35.6 Å². The fourth-order valence-corrected chi connectivity index (χ4v) is 5.44. The molecule has 8 heteroatoms. The van der Waals surface area contributed by atoms with E-state index in [-0.39, 0.29) is 24.1 Å². The van der Waals surface area contributed by atoms with Gasteiger partial charge in [0.15, 0.2) is 5.78 Å². The van der Waals surface area contributed by atoms with Crippen molar-refractivity contribution in [1.82, 2.24) is 10.6 Å². The van der Waals surface area contributed by atoms with E-state index >= 15 is 0 Å². The summed E-state index contributed by atoms with van der Waals surface area (Å²) in [4.78, 5) is 39.7. The smallest absolute Gasteiger partial charge is 0.408 e. The second-order valence-electron chi connectivity index (χ2n) is 10.3. The van der Waals surface area contributed by atoms with Crippen molar-refractivity contribution in [3.8, 4) is 0 Å². The Morgan fingerprint density at radius 2 is 1.61 bits per heavy atom. The average Bonchev–Trinajstić information content (AvgIpc) is 3.49. The summed E-state index contributed by atoms with van der Waals surface area (Å²) < 4.78 is 10.7. The lowest BCUT2D eigenvalue weighted by Crippen LogP contribution is -2.53. The zero-order chi connectivity index (χ0) is 29.0. The van der Waals surface area contributed by atoms with E-state index in [9.17, 15) is 14.4 Å². The predicted octanol–water partition coefficient (Wildman–Crippen LogP) is 6.30. The molecule has 0 aliphatic rings. The van der Waals surface area contributed by atoms with E-state index in [0.29, 0.717) is 18.6 Å². The number of ketones is 1. The standard InChI is InChI=1S/C33H36N2O5S/c1-23(2)18-30(35-33(38)40-20-24-10-4-3-5-11-24)32(37)34-29(31(36)22-41-21-27-15-9-17-39-27)19-26-14-8-13-25-12-6-7-16-28(25)26/h3-17,23,29-30H,18-22H2,1-2H3,(H,34,37)(H,35,38)/t29?,30-/m0/s1. The number of hydrogen-bond acceptors (Lipinski definition) is 6. The Bertz CT molecular complexity index is 1420. The second kappa shape index (κ2) is 15.1. The molecule has 214 valence electrons. The largest absolute Gasteiger partial charge is 0.468 e. The lowest BCUT2D eigenvalue weighted by molar-refractivity contribution is -0.128. The molecule has 4 aromatic rings. The van der Waals surface area contributed by atoms with Crippen LogP contribution in [0.5, 0.6) is 0 Å². The number of nitrogens with one attached hydrogen (secondary N) is 2. The summed E-state index contributed by atoms with van der Waals surface area (Å²) in [5, 5.41) is 7.78. The number of carbonyl (C=O) groups excluding carboxylic acids is 3. The Labute approximate surface area is 245 Å². The van der Waals surface area contributed by atoms with Gasteiger partial charge < -0.3 is 19.8 Å². The number of carbonyl (C=O) groups is 3. The van der Waals surface area contributed by atoms with Gasteiger partial charge in [0.05, 0.1) is 23.8 Å². The molecule has 0 fully saturated rings. The molecule has 2 amide bonds. The van der Waals surface area contributed by atoms with Gasteiger partial charge in [-0.2, -0.15) is 0 Å². The SMILES string of the molecule is CC(C)C[C@H](NC(=O)OCc1ccccc1)C(=O)NC(Cc1cccc2ccccc12)C(=O)CSCc1ccco1. The van der Waals surface area contributed by atoms with Gasteiger partial charge in [-0.15, -0.1) is 11.8 Å². The summed E-state index contributed by atoms with van der Waals surface area (Å²) in [5.41, 5.74) is 1.81. The molecule has 0 spiro atoms. The number of thioether (sulfide) groups is 1. The minimum Gasteiger partial charge on any atom is -0.468 e. The maximum Gasteiger partial charge on any atom is 0.408 e. The van der Waals surface area contributed by atoms with Crippen LogP contribution >= 0.6 is 11.8 Å². The molecule has 0 saturated carbocycles. The zero-order valence-corrected chi connectivity index (χ0v) is 24.2. The Kier molecular flexibility index (Phi) is 11.0. The van der Waals surface area contributed by atoms with Gasteiger partial charge in [-0.25, -0.2) is 4.79 Å². The normalized spacial score (nSPS) is 12.6. The third kappa shape index (κ3) is 9.25. The van der Waals surface area contributed by atoms with Crippen LogP contribution in [0.4, 0.5) is 4.79 Å². The Morgan fingerprint density at radius 1 is 0.854 bits per heavy atom. The van der Waals surface area contributed by atoms with Crippen molar-refractivity contribution in [2.24, 2.45) is 5.92 Å². The van der Waals surface area contributed by atoms with E-state index in [1.54, 1.807) is 6.26 Å². The van der Waals surface area contributed by atoms with Crippen molar-refractivity contribution in [2.45, 2.75) is 51.1 Å². The number of hydrogen-bond donors (Lipinski definition) is 2. The summed E-state index contributed by atoms with van der Waals surface area (Å²) >= 11 is 1.44. The van der Waals surface area contributed by atoms with Crippen molar-refractivity contribution in [3.05, 3.63) is 108 Å². The first-order valence-electron chi connectivity index (χ1n) is 13.8. The lowest BCUT2D eigenvalue weighted by Gasteiger charge is -2.24. The van der Waals surface area contributed by atoms with E-state index in [1.165, 1.54) is 11.8 Å². The lowest BCUT2D eigenvalue weighted by atomic mass is 9.96. The third-order valence-electron chi connectivity index (χ3n) is 6.61. The number of furan rings is 1. The molecule has 0 saturated heterocycles. The fraction of sp³-hybridized carbons (Fsp3) is 0.303. The van der Waals surface area contributed by atoms with Crippen molar-refractivity contribution in [3.63, 3.8) is 0 Å². The van der Waals surface area contributed by atoms with Gasteiger partial charge in [0.25, 0.3) is 0 Å². The van der Waals surface area contributed by atoms with Gasteiger partial charge in [-0.1, -0.05) is 86.6 Å². The van der Waals surface area contributed by atoms with E-state index in [4.69, 9.17) is 9.15 Å². The highest BCUT2D eigenvalue weighted by atomic mass is 32.2. The van der Waals surface area contributed by atoms with E-state index < -0.39 is 24.1 Å². The molecule has 1 aromatic heterocycles. The predicted molar refractivity (Wildman–Crippen MR) is 162 cm³/mol. The molecule has 1 unspecified atom stereocenters. The van der Waals surface area contributed by atoms with Crippen molar-refractivity contribution < 1.29 is 23.5 Å². The van der Waals surface area contributed by atoms with Crippen LogP contribution < -0.4 is 10.6 Å². The average molecular weight is 573 g/mol. The molecule has 0 aliphatic heterocycles. The number of alkyl carbamates (subject to hydrolysis) is 1.